The summed E-state index contributed by atoms with van der Waals surface area (Å²) >= 11 is 0. The Labute approximate surface area is 176 Å². The molecule has 0 amide bonds. The highest BCUT2D eigenvalue weighted by molar-refractivity contribution is 14.0. The molecular formula is C20H35IN4O. The molecule has 0 aliphatic carbocycles. The smallest absolute Gasteiger partial charge is 0.191 e. The van der Waals surface area contributed by atoms with E-state index in [1.54, 1.807) is 0 Å². The Balaban J connectivity index is 0.00000338. The largest absolute Gasteiger partial charge is 0.374 e. The van der Waals surface area contributed by atoms with Gasteiger partial charge in [0.2, 0.25) is 0 Å². The summed E-state index contributed by atoms with van der Waals surface area (Å²) in [6.07, 6.45) is 1.21. The molecule has 2 N–H and O–H groups in total. The van der Waals surface area contributed by atoms with Crippen LogP contribution in [-0.2, 0) is 11.2 Å². The molecule has 5 nitrogen and oxygen atoms in total. The van der Waals surface area contributed by atoms with Gasteiger partial charge in [-0.25, -0.2) is 0 Å². The van der Waals surface area contributed by atoms with Crippen LogP contribution in [0.2, 0.25) is 0 Å². The number of guanidine groups is 1. The molecular weight excluding hydrogens is 439 g/mol. The first-order valence-electron chi connectivity index (χ1n) is 9.41. The number of nitrogens with zero attached hydrogens (tertiary/aromatic N) is 2. The lowest BCUT2D eigenvalue weighted by Gasteiger charge is -2.34. The van der Waals surface area contributed by atoms with Gasteiger partial charge in [0.05, 0.1) is 12.7 Å². The normalized spacial score (nSPS) is 18.5. The number of aryl methyl sites for hydroxylation is 1. The van der Waals surface area contributed by atoms with Gasteiger partial charge in [-0.2, -0.15) is 0 Å². The quantitative estimate of drug-likeness (QED) is 0.363. The second-order valence-electron chi connectivity index (χ2n) is 7.26. The first kappa shape index (κ1) is 23.2. The highest BCUT2D eigenvalue weighted by Crippen LogP contribution is 2.07. The summed E-state index contributed by atoms with van der Waals surface area (Å²) < 4.78 is 5.88. The van der Waals surface area contributed by atoms with Crippen LogP contribution in [0.3, 0.4) is 0 Å². The zero-order valence-electron chi connectivity index (χ0n) is 16.6. The van der Waals surface area contributed by atoms with Gasteiger partial charge in [-0.15, -0.1) is 24.0 Å². The van der Waals surface area contributed by atoms with Gasteiger partial charge in [0.1, 0.15) is 0 Å². The number of benzene rings is 1. The van der Waals surface area contributed by atoms with Crippen molar-refractivity contribution in [3.8, 4) is 0 Å². The maximum atomic E-state index is 5.88. The average Bonchev–Trinajstić information content (AvgIpc) is 2.59. The topological polar surface area (TPSA) is 48.9 Å². The van der Waals surface area contributed by atoms with Gasteiger partial charge < -0.3 is 15.4 Å². The number of rotatable bonds is 7. The minimum Gasteiger partial charge on any atom is -0.374 e. The first-order chi connectivity index (χ1) is 12.1. The van der Waals surface area contributed by atoms with Gasteiger partial charge in [-0.05, 0) is 24.8 Å². The van der Waals surface area contributed by atoms with Crippen LogP contribution in [0.4, 0.5) is 0 Å². The summed E-state index contributed by atoms with van der Waals surface area (Å²) in [6.45, 7) is 12.3. The van der Waals surface area contributed by atoms with E-state index in [2.05, 4.69) is 65.6 Å². The lowest BCUT2D eigenvalue weighted by molar-refractivity contribution is -0.0284. The van der Waals surface area contributed by atoms with Crippen molar-refractivity contribution < 1.29 is 4.74 Å². The Bertz CT molecular complexity index is 533. The van der Waals surface area contributed by atoms with E-state index in [1.165, 1.54) is 11.1 Å². The van der Waals surface area contributed by atoms with E-state index in [-0.39, 0.29) is 30.1 Å². The summed E-state index contributed by atoms with van der Waals surface area (Å²) in [5.74, 6) is 1.54. The van der Waals surface area contributed by atoms with Crippen molar-refractivity contribution in [3.63, 3.8) is 0 Å². The fourth-order valence-electron chi connectivity index (χ4n) is 3.10. The van der Waals surface area contributed by atoms with E-state index >= 15 is 0 Å². The summed E-state index contributed by atoms with van der Waals surface area (Å²) in [7, 11) is 1.81. The van der Waals surface area contributed by atoms with Crippen LogP contribution in [0, 0.1) is 12.8 Å². The summed E-state index contributed by atoms with van der Waals surface area (Å²) in [6, 6.07) is 8.69. The SMILES string of the molecule is CN=C(NCCc1ccc(C)cc1)NCC1CN(CC(C)C)CCO1.I. The summed E-state index contributed by atoms with van der Waals surface area (Å²) in [5.41, 5.74) is 2.64. The third-order valence-electron chi connectivity index (χ3n) is 4.39. The summed E-state index contributed by atoms with van der Waals surface area (Å²) in [4.78, 5) is 6.80. The van der Waals surface area contributed by atoms with Crippen molar-refractivity contribution in [1.82, 2.24) is 15.5 Å². The Morgan fingerprint density at radius 1 is 1.27 bits per heavy atom. The van der Waals surface area contributed by atoms with Crippen molar-refractivity contribution in [3.05, 3.63) is 35.4 Å². The number of hydrogen-bond acceptors (Lipinski definition) is 3. The van der Waals surface area contributed by atoms with Crippen LogP contribution in [-0.4, -0.2) is 63.3 Å². The number of halogens is 1. The first-order valence-corrected chi connectivity index (χ1v) is 9.41. The molecule has 0 aromatic heterocycles. The zero-order valence-corrected chi connectivity index (χ0v) is 19.0. The second-order valence-corrected chi connectivity index (χ2v) is 7.26. The molecule has 0 spiro atoms. The minimum atomic E-state index is 0. The highest BCUT2D eigenvalue weighted by Gasteiger charge is 2.20. The van der Waals surface area contributed by atoms with Gasteiger partial charge in [0.15, 0.2) is 5.96 Å². The molecule has 0 bridgehead atoms. The van der Waals surface area contributed by atoms with Crippen LogP contribution in [0.5, 0.6) is 0 Å². The highest BCUT2D eigenvalue weighted by atomic mass is 127. The molecule has 1 unspecified atom stereocenters. The van der Waals surface area contributed by atoms with Gasteiger partial charge in [-0.1, -0.05) is 43.7 Å². The standard InChI is InChI=1S/C20H34N4O.HI/c1-16(2)14-24-11-12-25-19(15-24)13-23-20(21-4)22-10-9-18-7-5-17(3)6-8-18;/h5-8,16,19H,9-15H2,1-4H3,(H2,21,22,23);1H. The monoisotopic (exact) mass is 474 g/mol. The predicted molar refractivity (Wildman–Crippen MR) is 121 cm³/mol. The Hall–Kier alpha value is -0.860. The molecule has 1 aliphatic heterocycles. The van der Waals surface area contributed by atoms with Gasteiger partial charge in [-0.3, -0.25) is 9.89 Å². The molecule has 1 heterocycles. The zero-order chi connectivity index (χ0) is 18.1. The van der Waals surface area contributed by atoms with Gasteiger partial charge in [0, 0.05) is 39.8 Å². The van der Waals surface area contributed by atoms with Crippen LogP contribution in [0.15, 0.2) is 29.3 Å². The molecule has 2 rings (SSSR count). The third-order valence-corrected chi connectivity index (χ3v) is 4.39. The van der Waals surface area contributed by atoms with Crippen LogP contribution in [0.25, 0.3) is 0 Å². The number of hydrogen-bond donors (Lipinski definition) is 2. The van der Waals surface area contributed by atoms with E-state index in [4.69, 9.17) is 4.74 Å². The molecule has 1 aromatic carbocycles. The van der Waals surface area contributed by atoms with E-state index < -0.39 is 0 Å². The lowest BCUT2D eigenvalue weighted by Crippen LogP contribution is -2.50. The van der Waals surface area contributed by atoms with Crippen LogP contribution >= 0.6 is 24.0 Å². The molecule has 1 atom stereocenters. The lowest BCUT2D eigenvalue weighted by atomic mass is 10.1. The Morgan fingerprint density at radius 2 is 2.00 bits per heavy atom. The number of morpholine rings is 1. The van der Waals surface area contributed by atoms with E-state index in [0.717, 1.165) is 51.7 Å². The molecule has 26 heavy (non-hydrogen) atoms. The number of ether oxygens (including phenoxy) is 1. The van der Waals surface area contributed by atoms with Crippen molar-refractivity contribution in [2.75, 3.05) is 46.4 Å². The maximum Gasteiger partial charge on any atom is 0.191 e. The van der Waals surface area contributed by atoms with Crippen molar-refractivity contribution in [2.45, 2.75) is 33.3 Å². The van der Waals surface area contributed by atoms with Crippen LogP contribution < -0.4 is 10.6 Å². The third kappa shape index (κ3) is 8.68. The molecule has 1 saturated heterocycles. The predicted octanol–water partition coefficient (Wildman–Crippen LogP) is 2.68. The van der Waals surface area contributed by atoms with Crippen molar-refractivity contribution in [1.29, 1.82) is 0 Å². The fraction of sp³-hybridized carbons (Fsp3) is 0.650. The van der Waals surface area contributed by atoms with Gasteiger partial charge in [0.25, 0.3) is 0 Å². The van der Waals surface area contributed by atoms with E-state index in [0.29, 0.717) is 5.92 Å². The Kier molecular flexibility index (Phi) is 11.2. The minimum absolute atomic E-state index is 0. The number of aliphatic imine (C=N–C) groups is 1. The molecule has 0 radical (unpaired) electrons. The number of nitrogens with one attached hydrogen (secondary N) is 2. The molecule has 1 fully saturated rings. The average molecular weight is 474 g/mol. The van der Waals surface area contributed by atoms with Crippen LogP contribution in [0.1, 0.15) is 25.0 Å². The molecule has 148 valence electrons. The fourth-order valence-corrected chi connectivity index (χ4v) is 3.10. The molecule has 1 aromatic rings. The molecule has 0 saturated carbocycles. The molecule has 6 heteroatoms. The van der Waals surface area contributed by atoms with Gasteiger partial charge >= 0.3 is 0 Å². The Morgan fingerprint density at radius 3 is 2.65 bits per heavy atom. The second kappa shape index (κ2) is 12.5. The van der Waals surface area contributed by atoms with Crippen molar-refractivity contribution >= 4 is 29.9 Å². The van der Waals surface area contributed by atoms with E-state index in [9.17, 15) is 0 Å². The van der Waals surface area contributed by atoms with E-state index in [1.807, 2.05) is 7.05 Å². The van der Waals surface area contributed by atoms with Crippen molar-refractivity contribution in [2.24, 2.45) is 10.9 Å². The maximum absolute atomic E-state index is 5.88. The molecule has 1 aliphatic rings. The summed E-state index contributed by atoms with van der Waals surface area (Å²) in [5, 5.41) is 6.78.